The lowest BCUT2D eigenvalue weighted by Crippen LogP contribution is -2.53. The molecule has 0 unspecified atom stereocenters. The zero-order valence-electron chi connectivity index (χ0n) is 11.5. The molecule has 6 heteroatoms. The van der Waals surface area contributed by atoms with Crippen LogP contribution in [0.4, 0.5) is 0 Å². The van der Waals surface area contributed by atoms with Gasteiger partial charge in [-0.15, -0.1) is 0 Å². The van der Waals surface area contributed by atoms with E-state index in [-0.39, 0.29) is 0 Å². The first-order valence-corrected chi connectivity index (χ1v) is 6.34. The summed E-state index contributed by atoms with van der Waals surface area (Å²) in [5, 5.41) is 20.4. The molecule has 110 valence electrons. The third-order valence-electron chi connectivity index (χ3n) is 3.08. The lowest BCUT2D eigenvalue weighted by molar-refractivity contribution is -0.144. The number of rotatable bonds is 6. The van der Waals surface area contributed by atoms with E-state index in [9.17, 15) is 14.7 Å². The van der Waals surface area contributed by atoms with Crippen LogP contribution in [-0.4, -0.2) is 40.3 Å². The number of nitrogens with one attached hydrogen (secondary N) is 1. The van der Waals surface area contributed by atoms with Crippen LogP contribution in [0.25, 0.3) is 0 Å². The molecule has 5 N–H and O–H groups in total. The average molecular weight is 280 g/mol. The number of amides is 1. The number of aryl methyl sites for hydroxylation is 1. The number of carbonyl (C=O) groups excluding carboxylic acids is 1. The summed E-state index contributed by atoms with van der Waals surface area (Å²) in [6.07, 6.45) is -0.882. The van der Waals surface area contributed by atoms with E-state index < -0.39 is 30.1 Å². The van der Waals surface area contributed by atoms with Crippen LogP contribution in [-0.2, 0) is 16.0 Å². The van der Waals surface area contributed by atoms with Gasteiger partial charge in [-0.1, -0.05) is 24.3 Å². The number of hydrogen-bond acceptors (Lipinski definition) is 4. The average Bonchev–Trinajstić information content (AvgIpc) is 2.37. The molecule has 0 aliphatic rings. The number of nitrogens with two attached hydrogens (primary N) is 1. The molecule has 0 aromatic heterocycles. The van der Waals surface area contributed by atoms with Crippen molar-refractivity contribution in [1.29, 1.82) is 0 Å². The molecule has 20 heavy (non-hydrogen) atoms. The smallest absolute Gasteiger partial charge is 0.328 e. The van der Waals surface area contributed by atoms with Gasteiger partial charge in [-0.2, -0.15) is 0 Å². The van der Waals surface area contributed by atoms with Gasteiger partial charge in [0, 0.05) is 0 Å². The van der Waals surface area contributed by atoms with Gasteiger partial charge in [0.2, 0.25) is 5.91 Å². The first-order chi connectivity index (χ1) is 9.32. The fourth-order valence-electron chi connectivity index (χ4n) is 1.82. The highest BCUT2D eigenvalue weighted by Gasteiger charge is 2.27. The highest BCUT2D eigenvalue weighted by atomic mass is 16.4. The van der Waals surface area contributed by atoms with Gasteiger partial charge in [-0.25, -0.2) is 4.79 Å². The molecule has 0 heterocycles. The van der Waals surface area contributed by atoms with Crippen molar-refractivity contribution in [2.45, 2.75) is 38.5 Å². The largest absolute Gasteiger partial charge is 0.480 e. The normalized spacial score (nSPS) is 15.2. The van der Waals surface area contributed by atoms with Crippen LogP contribution in [0, 0.1) is 6.92 Å². The van der Waals surface area contributed by atoms with E-state index in [2.05, 4.69) is 5.32 Å². The molecule has 0 radical (unpaired) electrons. The van der Waals surface area contributed by atoms with Gasteiger partial charge in [-0.05, 0) is 31.4 Å². The number of benzene rings is 1. The fraction of sp³-hybridized carbons (Fsp3) is 0.429. The van der Waals surface area contributed by atoms with Crippen molar-refractivity contribution in [3.8, 4) is 0 Å². The van der Waals surface area contributed by atoms with E-state index in [1.54, 1.807) is 0 Å². The molecule has 0 saturated carbocycles. The zero-order chi connectivity index (χ0) is 15.3. The van der Waals surface area contributed by atoms with E-state index in [0.29, 0.717) is 6.42 Å². The number of aliphatic carboxylic acids is 1. The van der Waals surface area contributed by atoms with Gasteiger partial charge in [0.15, 0.2) is 6.04 Å². The third-order valence-corrected chi connectivity index (χ3v) is 3.08. The van der Waals surface area contributed by atoms with Crippen molar-refractivity contribution in [3.05, 3.63) is 35.4 Å². The molecule has 1 aromatic rings. The number of aliphatic hydroxyl groups excluding tert-OH is 1. The minimum atomic E-state index is -1.36. The molecule has 6 nitrogen and oxygen atoms in total. The van der Waals surface area contributed by atoms with Gasteiger partial charge < -0.3 is 21.3 Å². The van der Waals surface area contributed by atoms with Crippen molar-refractivity contribution in [2.24, 2.45) is 5.73 Å². The topological polar surface area (TPSA) is 113 Å². The standard InChI is InChI=1S/C14H20N2O4/c1-8-5-3-4-6-10(8)7-11(15)13(18)16-12(9(2)17)14(19)20/h3-6,9,11-12,17H,7,15H2,1-2H3,(H,16,18)(H,19,20)/t9-,11+,12+/m1/s1. The second-order valence-electron chi connectivity index (χ2n) is 4.80. The van der Waals surface area contributed by atoms with Crippen molar-refractivity contribution in [3.63, 3.8) is 0 Å². The fourth-order valence-corrected chi connectivity index (χ4v) is 1.82. The van der Waals surface area contributed by atoms with Crippen LogP contribution >= 0.6 is 0 Å². The minimum absolute atomic E-state index is 0.310. The molecular formula is C14H20N2O4. The summed E-state index contributed by atoms with van der Waals surface area (Å²) >= 11 is 0. The quantitative estimate of drug-likeness (QED) is 0.577. The van der Waals surface area contributed by atoms with E-state index in [1.807, 2.05) is 31.2 Å². The van der Waals surface area contributed by atoms with Gasteiger partial charge in [-0.3, -0.25) is 4.79 Å². The molecule has 1 amide bonds. The Hall–Kier alpha value is -1.92. The molecule has 1 rings (SSSR count). The van der Waals surface area contributed by atoms with E-state index in [4.69, 9.17) is 10.8 Å². The molecule has 3 atom stereocenters. The molecular weight excluding hydrogens is 260 g/mol. The Labute approximate surface area is 117 Å². The van der Waals surface area contributed by atoms with Gasteiger partial charge in [0.1, 0.15) is 0 Å². The van der Waals surface area contributed by atoms with Gasteiger partial charge >= 0.3 is 5.97 Å². The summed E-state index contributed by atoms with van der Waals surface area (Å²) in [4.78, 5) is 22.8. The lowest BCUT2D eigenvalue weighted by atomic mass is 10.0. The summed E-state index contributed by atoms with van der Waals surface area (Å²) in [6.45, 7) is 3.21. The Balaban J connectivity index is 2.68. The van der Waals surface area contributed by atoms with Crippen LogP contribution in [0.5, 0.6) is 0 Å². The summed E-state index contributed by atoms with van der Waals surface area (Å²) in [5.41, 5.74) is 7.72. The predicted molar refractivity (Wildman–Crippen MR) is 74.1 cm³/mol. The van der Waals surface area contributed by atoms with E-state index >= 15 is 0 Å². The second kappa shape index (κ2) is 7.02. The van der Waals surface area contributed by atoms with Crippen LogP contribution in [0.15, 0.2) is 24.3 Å². The monoisotopic (exact) mass is 280 g/mol. The Bertz CT molecular complexity index is 488. The summed E-state index contributed by atoms with van der Waals surface area (Å²) < 4.78 is 0. The van der Waals surface area contributed by atoms with Crippen molar-refractivity contribution >= 4 is 11.9 Å². The van der Waals surface area contributed by atoms with Crippen molar-refractivity contribution in [2.75, 3.05) is 0 Å². The van der Waals surface area contributed by atoms with Crippen LogP contribution < -0.4 is 11.1 Å². The first-order valence-electron chi connectivity index (χ1n) is 6.34. The van der Waals surface area contributed by atoms with Gasteiger partial charge in [0.25, 0.3) is 0 Å². The molecule has 0 aliphatic carbocycles. The molecule has 0 saturated heterocycles. The number of carboxylic acids is 1. The Morgan fingerprint density at radius 3 is 2.45 bits per heavy atom. The van der Waals surface area contributed by atoms with Crippen molar-refractivity contribution in [1.82, 2.24) is 5.32 Å². The van der Waals surface area contributed by atoms with Gasteiger partial charge in [0.05, 0.1) is 12.1 Å². The maximum absolute atomic E-state index is 11.9. The number of carbonyl (C=O) groups is 2. The molecule has 0 aliphatic heterocycles. The minimum Gasteiger partial charge on any atom is -0.480 e. The summed E-state index contributed by atoms with van der Waals surface area (Å²) in [7, 11) is 0. The first kappa shape index (κ1) is 16.1. The second-order valence-corrected chi connectivity index (χ2v) is 4.80. The highest BCUT2D eigenvalue weighted by Crippen LogP contribution is 2.09. The molecule has 1 aromatic carbocycles. The summed E-state index contributed by atoms with van der Waals surface area (Å²) in [5.74, 6) is -1.89. The van der Waals surface area contributed by atoms with E-state index in [1.165, 1.54) is 6.92 Å². The molecule has 0 spiro atoms. The highest BCUT2D eigenvalue weighted by molar-refractivity contribution is 5.87. The maximum atomic E-state index is 11.9. The lowest BCUT2D eigenvalue weighted by Gasteiger charge is -2.20. The van der Waals surface area contributed by atoms with Crippen LogP contribution in [0.3, 0.4) is 0 Å². The number of hydrogen-bond donors (Lipinski definition) is 4. The number of carboxylic acid groups (broad SMARTS) is 1. The van der Waals surface area contributed by atoms with Crippen LogP contribution in [0.1, 0.15) is 18.1 Å². The maximum Gasteiger partial charge on any atom is 0.328 e. The Morgan fingerprint density at radius 1 is 1.35 bits per heavy atom. The molecule has 0 fully saturated rings. The Morgan fingerprint density at radius 2 is 1.95 bits per heavy atom. The molecule has 0 bridgehead atoms. The van der Waals surface area contributed by atoms with E-state index in [0.717, 1.165) is 11.1 Å². The van der Waals surface area contributed by atoms with Crippen LogP contribution in [0.2, 0.25) is 0 Å². The zero-order valence-corrected chi connectivity index (χ0v) is 11.5. The summed E-state index contributed by atoms with van der Waals surface area (Å²) in [6, 6.07) is 5.30. The Kier molecular flexibility index (Phi) is 5.66. The van der Waals surface area contributed by atoms with Crippen molar-refractivity contribution < 1.29 is 19.8 Å². The number of aliphatic hydroxyl groups is 1. The predicted octanol–water partition coefficient (Wildman–Crippen LogP) is -0.185. The third kappa shape index (κ3) is 4.32. The SMILES string of the molecule is Cc1ccccc1C[C@H](N)C(=O)N[C@H](C(=O)O)[C@@H](C)O.